The Morgan fingerprint density at radius 3 is 2.48 bits per heavy atom. The number of amides is 1. The maximum absolute atomic E-state index is 13.5. The lowest BCUT2D eigenvalue weighted by atomic mass is 10.2. The third-order valence-corrected chi connectivity index (χ3v) is 4.46. The molecule has 5 nitrogen and oxygen atoms in total. The zero-order valence-electron chi connectivity index (χ0n) is 10.5. The minimum atomic E-state index is -4.16. The molecule has 0 aliphatic heterocycles. The highest BCUT2D eigenvalue weighted by Crippen LogP contribution is 2.12. The quantitative estimate of drug-likeness (QED) is 0.588. The topological polar surface area (TPSA) is 75.3 Å². The van der Waals surface area contributed by atoms with E-state index in [1.54, 1.807) is 18.2 Å². The Morgan fingerprint density at radius 2 is 1.81 bits per heavy atom. The summed E-state index contributed by atoms with van der Waals surface area (Å²) in [5, 5.41) is 0. The number of benzene rings is 2. The Morgan fingerprint density at radius 1 is 1.10 bits per heavy atom. The van der Waals surface area contributed by atoms with Crippen molar-refractivity contribution in [3.63, 3.8) is 0 Å². The molecule has 2 N–H and O–H groups in total. The molecule has 8 heteroatoms. The van der Waals surface area contributed by atoms with Crippen molar-refractivity contribution in [3.05, 3.63) is 63.5 Å². The lowest BCUT2D eigenvalue weighted by molar-refractivity contribution is 0.0945. The van der Waals surface area contributed by atoms with Crippen molar-refractivity contribution in [2.24, 2.45) is 0 Å². The van der Waals surface area contributed by atoms with Gasteiger partial charge in [-0.1, -0.05) is 18.2 Å². The number of hydrogen-bond acceptors (Lipinski definition) is 3. The Hall–Kier alpha value is -1.52. The molecule has 0 radical (unpaired) electrons. The van der Waals surface area contributed by atoms with Crippen molar-refractivity contribution in [1.82, 2.24) is 10.3 Å². The third-order valence-electron chi connectivity index (χ3n) is 2.51. The summed E-state index contributed by atoms with van der Waals surface area (Å²) in [7, 11) is -4.16. The van der Waals surface area contributed by atoms with E-state index >= 15 is 0 Å². The number of halogens is 2. The molecule has 2 aromatic rings. The van der Waals surface area contributed by atoms with Gasteiger partial charge < -0.3 is 0 Å². The van der Waals surface area contributed by atoms with Gasteiger partial charge in [0.2, 0.25) is 0 Å². The first-order valence-corrected chi connectivity index (χ1v) is 8.28. The number of hydrazine groups is 1. The highest BCUT2D eigenvalue weighted by atomic mass is 127. The SMILES string of the molecule is O=C(NNS(=O)(=O)c1ccccc1F)c1cccc(I)c1. The average Bonchev–Trinajstić information content (AvgIpc) is 2.45. The molecule has 0 aliphatic carbocycles. The van der Waals surface area contributed by atoms with E-state index in [-0.39, 0.29) is 5.56 Å². The van der Waals surface area contributed by atoms with E-state index in [1.807, 2.05) is 32.8 Å². The fourth-order valence-electron chi connectivity index (χ4n) is 1.53. The van der Waals surface area contributed by atoms with E-state index in [9.17, 15) is 17.6 Å². The van der Waals surface area contributed by atoms with E-state index in [1.165, 1.54) is 18.2 Å². The molecule has 0 atom stereocenters. The summed E-state index contributed by atoms with van der Waals surface area (Å²) in [6.07, 6.45) is 0. The van der Waals surface area contributed by atoms with Crippen molar-refractivity contribution in [2.75, 3.05) is 0 Å². The summed E-state index contributed by atoms with van der Waals surface area (Å²) in [5.41, 5.74) is 2.34. The smallest absolute Gasteiger partial charge is 0.266 e. The number of sulfonamides is 1. The van der Waals surface area contributed by atoms with Gasteiger partial charge in [0.25, 0.3) is 15.9 Å². The highest BCUT2D eigenvalue weighted by molar-refractivity contribution is 14.1. The highest BCUT2D eigenvalue weighted by Gasteiger charge is 2.19. The van der Waals surface area contributed by atoms with E-state index in [0.717, 1.165) is 15.7 Å². The first-order valence-electron chi connectivity index (χ1n) is 5.72. The molecule has 0 spiro atoms. The number of carbonyl (C=O) groups excluding carboxylic acids is 1. The van der Waals surface area contributed by atoms with Crippen molar-refractivity contribution >= 4 is 38.5 Å². The number of nitrogens with one attached hydrogen (secondary N) is 2. The van der Waals surface area contributed by atoms with Crippen LogP contribution in [0.4, 0.5) is 4.39 Å². The second kappa shape index (κ2) is 6.50. The van der Waals surface area contributed by atoms with Crippen LogP contribution in [-0.4, -0.2) is 14.3 Å². The molecule has 1 amide bonds. The molecule has 0 saturated heterocycles. The number of hydrogen-bond donors (Lipinski definition) is 2. The molecule has 0 fully saturated rings. The lowest BCUT2D eigenvalue weighted by Crippen LogP contribution is -2.41. The van der Waals surface area contributed by atoms with Gasteiger partial charge in [-0.05, 0) is 52.9 Å². The summed E-state index contributed by atoms with van der Waals surface area (Å²) in [6, 6.07) is 11.5. The van der Waals surface area contributed by atoms with E-state index in [0.29, 0.717) is 0 Å². The molecular weight excluding hydrogens is 410 g/mol. The second-order valence-electron chi connectivity index (χ2n) is 4.00. The molecule has 0 heterocycles. The fraction of sp³-hybridized carbons (Fsp3) is 0. The van der Waals surface area contributed by atoms with Crippen molar-refractivity contribution in [1.29, 1.82) is 0 Å². The molecule has 2 aromatic carbocycles. The molecule has 21 heavy (non-hydrogen) atoms. The predicted octanol–water partition coefficient (Wildman–Crippen LogP) is 2.05. The van der Waals surface area contributed by atoms with Crippen LogP contribution in [0.5, 0.6) is 0 Å². The first-order chi connectivity index (χ1) is 9.90. The van der Waals surface area contributed by atoms with Gasteiger partial charge in [-0.25, -0.2) is 12.8 Å². The molecule has 0 unspecified atom stereocenters. The fourth-order valence-corrected chi connectivity index (χ4v) is 3.00. The molecule has 0 aliphatic rings. The lowest BCUT2D eigenvalue weighted by Gasteiger charge is -2.09. The minimum absolute atomic E-state index is 0.290. The first kappa shape index (κ1) is 15.9. The van der Waals surface area contributed by atoms with E-state index in [4.69, 9.17) is 0 Å². The van der Waals surface area contributed by atoms with Gasteiger partial charge in [0, 0.05) is 9.13 Å². The predicted molar refractivity (Wildman–Crippen MR) is 83.3 cm³/mol. The normalized spacial score (nSPS) is 11.1. The molecule has 110 valence electrons. The van der Waals surface area contributed by atoms with Crippen molar-refractivity contribution in [3.8, 4) is 0 Å². The maximum Gasteiger partial charge on any atom is 0.266 e. The molecule has 2 rings (SSSR count). The molecule has 0 aromatic heterocycles. The van der Waals surface area contributed by atoms with E-state index < -0.39 is 26.6 Å². The Labute approximate surface area is 134 Å². The summed E-state index contributed by atoms with van der Waals surface area (Å²) < 4.78 is 38.1. The zero-order valence-corrected chi connectivity index (χ0v) is 13.5. The summed E-state index contributed by atoms with van der Waals surface area (Å²) in [5.74, 6) is -1.53. The second-order valence-corrected chi connectivity index (χ2v) is 6.90. The van der Waals surface area contributed by atoms with Gasteiger partial charge >= 0.3 is 0 Å². The minimum Gasteiger partial charge on any atom is -0.273 e. The number of carbonyl (C=O) groups is 1. The molecular formula is C13H10FIN2O3S. The van der Waals surface area contributed by atoms with E-state index in [2.05, 4.69) is 0 Å². The zero-order chi connectivity index (χ0) is 15.5. The van der Waals surface area contributed by atoms with Gasteiger partial charge in [0.05, 0.1) is 0 Å². The van der Waals surface area contributed by atoms with Crippen LogP contribution in [0.1, 0.15) is 10.4 Å². The maximum atomic E-state index is 13.5. The third kappa shape index (κ3) is 3.99. The van der Waals surface area contributed by atoms with Crippen molar-refractivity contribution in [2.45, 2.75) is 4.90 Å². The summed E-state index contributed by atoms with van der Waals surface area (Å²) >= 11 is 2.03. The van der Waals surface area contributed by atoms with Gasteiger partial charge in [-0.2, -0.15) is 0 Å². The van der Waals surface area contributed by atoms with Gasteiger partial charge in [0.15, 0.2) is 0 Å². The van der Waals surface area contributed by atoms with Crippen LogP contribution in [0.2, 0.25) is 0 Å². The monoisotopic (exact) mass is 420 g/mol. The van der Waals surface area contributed by atoms with Crippen LogP contribution in [-0.2, 0) is 10.0 Å². The van der Waals surface area contributed by atoms with Crippen LogP contribution in [0, 0.1) is 9.39 Å². The Balaban J connectivity index is 2.12. The van der Waals surface area contributed by atoms with Crippen molar-refractivity contribution < 1.29 is 17.6 Å². The summed E-state index contributed by atoms with van der Waals surface area (Å²) in [4.78, 5) is 13.2. The van der Waals surface area contributed by atoms with Crippen LogP contribution < -0.4 is 10.3 Å². The number of rotatable bonds is 4. The Bertz CT molecular complexity index is 780. The van der Waals surface area contributed by atoms with Gasteiger partial charge in [0.1, 0.15) is 10.7 Å². The standard InChI is InChI=1S/C13H10FIN2O3S/c14-11-6-1-2-7-12(11)21(19,20)17-16-13(18)9-4-3-5-10(15)8-9/h1-8,17H,(H,16,18). The van der Waals surface area contributed by atoms with Gasteiger partial charge in [-0.3, -0.25) is 10.2 Å². The van der Waals surface area contributed by atoms with Gasteiger partial charge in [-0.15, -0.1) is 4.83 Å². The average molecular weight is 420 g/mol. The Kier molecular flexibility index (Phi) is 4.91. The van der Waals surface area contributed by atoms with Crippen LogP contribution in [0.25, 0.3) is 0 Å². The molecule has 0 bridgehead atoms. The molecule has 0 saturated carbocycles. The van der Waals surface area contributed by atoms with Crippen LogP contribution >= 0.6 is 22.6 Å². The summed E-state index contributed by atoms with van der Waals surface area (Å²) in [6.45, 7) is 0. The van der Waals surface area contributed by atoms with Crippen LogP contribution in [0.3, 0.4) is 0 Å². The van der Waals surface area contributed by atoms with Crippen LogP contribution in [0.15, 0.2) is 53.4 Å². The largest absolute Gasteiger partial charge is 0.273 e.